The Kier molecular flexibility index (Phi) is 3.89. The lowest BCUT2D eigenvalue weighted by atomic mass is 10.1. The van der Waals surface area contributed by atoms with Crippen LogP contribution in [-0.2, 0) is 0 Å². The number of halogens is 3. The molecule has 0 aliphatic rings. The number of alkyl halides is 3. The average Bonchev–Trinajstić information content (AvgIpc) is 2.24. The Morgan fingerprint density at radius 2 is 2.06 bits per heavy atom. The van der Waals surface area contributed by atoms with Gasteiger partial charge in [-0.1, -0.05) is 12.1 Å². The van der Waals surface area contributed by atoms with Crippen molar-refractivity contribution >= 4 is 11.6 Å². The molecule has 1 rings (SSSR count). The van der Waals surface area contributed by atoms with Crippen LogP contribution in [0.5, 0.6) is 0 Å². The molecule has 0 radical (unpaired) electrons. The van der Waals surface area contributed by atoms with Gasteiger partial charge in [0.2, 0.25) is 0 Å². The summed E-state index contributed by atoms with van der Waals surface area (Å²) in [4.78, 5) is 21.4. The molecular weight excluding hydrogens is 253 g/mol. The van der Waals surface area contributed by atoms with E-state index in [1.54, 1.807) is 5.32 Å². The standard InChI is InChI=1S/C10H9F3N2O3/c1-6-3-2-4-7(8(6)15(17)18)9(16)14-5-10(11,12)13/h2-4H,5H2,1H3,(H,14,16). The predicted molar refractivity (Wildman–Crippen MR) is 56.2 cm³/mol. The fourth-order valence-corrected chi connectivity index (χ4v) is 1.36. The van der Waals surface area contributed by atoms with Crippen molar-refractivity contribution in [1.82, 2.24) is 5.32 Å². The Morgan fingerprint density at radius 3 is 2.56 bits per heavy atom. The molecule has 0 aliphatic carbocycles. The van der Waals surface area contributed by atoms with Gasteiger partial charge in [-0.3, -0.25) is 14.9 Å². The largest absolute Gasteiger partial charge is 0.405 e. The molecule has 0 aliphatic heterocycles. The van der Waals surface area contributed by atoms with E-state index >= 15 is 0 Å². The highest BCUT2D eigenvalue weighted by Crippen LogP contribution is 2.23. The summed E-state index contributed by atoms with van der Waals surface area (Å²) in [6.07, 6.45) is -4.56. The molecular formula is C10H9F3N2O3. The molecule has 1 amide bonds. The van der Waals surface area contributed by atoms with Crippen molar-refractivity contribution in [3.63, 3.8) is 0 Å². The first-order valence-electron chi connectivity index (χ1n) is 4.81. The van der Waals surface area contributed by atoms with Gasteiger partial charge < -0.3 is 5.32 Å². The summed E-state index contributed by atoms with van der Waals surface area (Å²) in [7, 11) is 0. The Morgan fingerprint density at radius 1 is 1.44 bits per heavy atom. The molecule has 18 heavy (non-hydrogen) atoms. The second kappa shape index (κ2) is 5.03. The topological polar surface area (TPSA) is 72.2 Å². The molecule has 5 nitrogen and oxygen atoms in total. The fourth-order valence-electron chi connectivity index (χ4n) is 1.36. The van der Waals surface area contributed by atoms with Crippen LogP contribution in [0.1, 0.15) is 15.9 Å². The van der Waals surface area contributed by atoms with E-state index in [1.165, 1.54) is 19.1 Å². The van der Waals surface area contributed by atoms with E-state index in [4.69, 9.17) is 0 Å². The third-order valence-electron chi connectivity index (χ3n) is 2.11. The summed E-state index contributed by atoms with van der Waals surface area (Å²) in [5.41, 5.74) is -0.666. The van der Waals surface area contributed by atoms with Gasteiger partial charge in [0.05, 0.1) is 4.92 Å². The number of carbonyl (C=O) groups excluding carboxylic acids is 1. The van der Waals surface area contributed by atoms with Crippen molar-refractivity contribution in [3.8, 4) is 0 Å². The highest BCUT2D eigenvalue weighted by atomic mass is 19.4. The normalized spacial score (nSPS) is 11.1. The number of benzene rings is 1. The minimum Gasteiger partial charge on any atom is -0.343 e. The SMILES string of the molecule is Cc1cccc(C(=O)NCC(F)(F)F)c1[N+](=O)[O-]. The van der Waals surface area contributed by atoms with Gasteiger partial charge in [-0.15, -0.1) is 0 Å². The van der Waals surface area contributed by atoms with Crippen molar-refractivity contribution in [2.75, 3.05) is 6.54 Å². The van der Waals surface area contributed by atoms with Gasteiger partial charge in [-0.2, -0.15) is 13.2 Å². The number of nitrogens with zero attached hydrogens (tertiary/aromatic N) is 1. The zero-order valence-electron chi connectivity index (χ0n) is 9.25. The summed E-state index contributed by atoms with van der Waals surface area (Å²) < 4.78 is 35.8. The number of amides is 1. The molecule has 0 fully saturated rings. The molecule has 0 saturated carbocycles. The molecule has 1 aromatic carbocycles. The van der Waals surface area contributed by atoms with Crippen molar-refractivity contribution in [1.29, 1.82) is 0 Å². The smallest absolute Gasteiger partial charge is 0.343 e. The molecule has 1 N–H and O–H groups in total. The first-order valence-corrected chi connectivity index (χ1v) is 4.81. The van der Waals surface area contributed by atoms with Gasteiger partial charge in [-0.05, 0) is 13.0 Å². The van der Waals surface area contributed by atoms with Crippen LogP contribution < -0.4 is 5.32 Å². The van der Waals surface area contributed by atoms with E-state index in [2.05, 4.69) is 0 Å². The molecule has 0 saturated heterocycles. The number of para-hydroxylation sites is 1. The molecule has 0 atom stereocenters. The Balaban J connectivity index is 3.00. The number of rotatable bonds is 3. The third kappa shape index (κ3) is 3.44. The molecule has 0 spiro atoms. The number of carbonyl (C=O) groups is 1. The second-order valence-electron chi connectivity index (χ2n) is 3.53. The van der Waals surface area contributed by atoms with Crippen LogP contribution in [0.4, 0.5) is 18.9 Å². The molecule has 0 bridgehead atoms. The summed E-state index contributed by atoms with van der Waals surface area (Å²) in [6, 6.07) is 3.88. The summed E-state index contributed by atoms with van der Waals surface area (Å²) in [5.74, 6) is -1.12. The van der Waals surface area contributed by atoms with Gasteiger partial charge >= 0.3 is 6.18 Å². The van der Waals surface area contributed by atoms with Crippen LogP contribution in [0.3, 0.4) is 0 Å². The van der Waals surface area contributed by atoms with E-state index in [1.807, 2.05) is 0 Å². The van der Waals surface area contributed by atoms with Crippen molar-refractivity contribution < 1.29 is 22.9 Å². The lowest BCUT2D eigenvalue weighted by Crippen LogP contribution is -2.34. The first kappa shape index (κ1) is 13.9. The number of nitrogens with one attached hydrogen (secondary N) is 1. The summed E-state index contributed by atoms with van der Waals surface area (Å²) in [5, 5.41) is 12.3. The van der Waals surface area contributed by atoms with Crippen LogP contribution in [0.2, 0.25) is 0 Å². The first-order chi connectivity index (χ1) is 8.22. The van der Waals surface area contributed by atoms with E-state index in [0.29, 0.717) is 0 Å². The summed E-state index contributed by atoms with van der Waals surface area (Å²) in [6.45, 7) is -0.129. The minimum atomic E-state index is -4.56. The third-order valence-corrected chi connectivity index (χ3v) is 2.11. The zero-order chi connectivity index (χ0) is 13.9. The predicted octanol–water partition coefficient (Wildman–Crippen LogP) is 2.20. The Bertz CT molecular complexity index is 486. The molecule has 98 valence electrons. The average molecular weight is 262 g/mol. The van der Waals surface area contributed by atoms with E-state index in [9.17, 15) is 28.1 Å². The number of hydrogen-bond acceptors (Lipinski definition) is 3. The lowest BCUT2D eigenvalue weighted by molar-refractivity contribution is -0.385. The van der Waals surface area contributed by atoms with Crippen LogP contribution >= 0.6 is 0 Å². The maximum absolute atomic E-state index is 11.9. The number of hydrogen-bond donors (Lipinski definition) is 1. The second-order valence-corrected chi connectivity index (χ2v) is 3.53. The number of aryl methyl sites for hydroxylation is 1. The monoisotopic (exact) mass is 262 g/mol. The molecule has 0 unspecified atom stereocenters. The fraction of sp³-hybridized carbons (Fsp3) is 0.300. The van der Waals surface area contributed by atoms with Crippen molar-refractivity contribution in [3.05, 3.63) is 39.4 Å². The van der Waals surface area contributed by atoms with Crippen molar-refractivity contribution in [2.45, 2.75) is 13.1 Å². The van der Waals surface area contributed by atoms with Gasteiger partial charge in [0.1, 0.15) is 12.1 Å². The Labute approximate surface area is 99.8 Å². The highest BCUT2D eigenvalue weighted by molar-refractivity contribution is 5.98. The molecule has 0 aromatic heterocycles. The Hall–Kier alpha value is -2.12. The van der Waals surface area contributed by atoms with Crippen LogP contribution in [0.25, 0.3) is 0 Å². The van der Waals surface area contributed by atoms with Gasteiger partial charge in [0, 0.05) is 5.56 Å². The van der Waals surface area contributed by atoms with Gasteiger partial charge in [0.15, 0.2) is 0 Å². The quantitative estimate of drug-likeness (QED) is 0.670. The van der Waals surface area contributed by atoms with Crippen molar-refractivity contribution in [2.24, 2.45) is 0 Å². The van der Waals surface area contributed by atoms with Crippen LogP contribution in [-0.4, -0.2) is 23.6 Å². The number of nitro groups is 1. The van der Waals surface area contributed by atoms with E-state index in [-0.39, 0.29) is 11.1 Å². The van der Waals surface area contributed by atoms with Gasteiger partial charge in [-0.25, -0.2) is 0 Å². The van der Waals surface area contributed by atoms with Crippen LogP contribution in [0, 0.1) is 17.0 Å². The molecule has 8 heteroatoms. The molecule has 0 heterocycles. The lowest BCUT2D eigenvalue weighted by Gasteiger charge is -2.09. The zero-order valence-corrected chi connectivity index (χ0v) is 9.25. The van der Waals surface area contributed by atoms with E-state index < -0.39 is 29.2 Å². The van der Waals surface area contributed by atoms with Crippen LogP contribution in [0.15, 0.2) is 18.2 Å². The molecule has 1 aromatic rings. The van der Waals surface area contributed by atoms with Gasteiger partial charge in [0.25, 0.3) is 11.6 Å². The van der Waals surface area contributed by atoms with E-state index in [0.717, 1.165) is 6.07 Å². The summed E-state index contributed by atoms with van der Waals surface area (Å²) >= 11 is 0. The minimum absolute atomic E-state index is 0.208. The maximum Gasteiger partial charge on any atom is 0.405 e. The maximum atomic E-state index is 11.9. The highest BCUT2D eigenvalue weighted by Gasteiger charge is 2.29. The number of nitro benzene ring substituents is 1.